The molecule has 1 aliphatic rings. The topological polar surface area (TPSA) is 47.1 Å². The lowest BCUT2D eigenvalue weighted by Gasteiger charge is -2.33. The maximum Gasteiger partial charge on any atom is 0.205 e. The van der Waals surface area contributed by atoms with E-state index in [-0.39, 0.29) is 0 Å². The molecule has 0 spiro atoms. The fourth-order valence-electron chi connectivity index (χ4n) is 2.27. The number of nitrogens with two attached hydrogens (primary N) is 1. The maximum atomic E-state index is 5.74. The van der Waals surface area contributed by atoms with E-state index in [1.807, 2.05) is 12.4 Å². The Kier molecular flexibility index (Phi) is 3.26. The van der Waals surface area contributed by atoms with Gasteiger partial charge in [0.2, 0.25) is 5.95 Å². The lowest BCUT2D eigenvalue weighted by atomic mass is 9.99. The molecule has 84 valence electrons. The highest BCUT2D eigenvalue weighted by molar-refractivity contribution is 5.32. The third-order valence-electron chi connectivity index (χ3n) is 3.17. The molecule has 0 aromatic carbocycles. The van der Waals surface area contributed by atoms with Crippen LogP contribution in [-0.4, -0.2) is 29.2 Å². The Morgan fingerprint density at radius 1 is 1.60 bits per heavy atom. The van der Waals surface area contributed by atoms with Crippen molar-refractivity contribution < 1.29 is 0 Å². The Bertz CT molecular complexity index is 307. The highest BCUT2D eigenvalue weighted by Crippen LogP contribution is 2.21. The van der Waals surface area contributed by atoms with Gasteiger partial charge in [-0.2, -0.15) is 0 Å². The lowest BCUT2D eigenvalue weighted by molar-refractivity contribution is 0.416. The number of piperidine rings is 1. The van der Waals surface area contributed by atoms with Gasteiger partial charge in [0.25, 0.3) is 0 Å². The van der Waals surface area contributed by atoms with Crippen LogP contribution in [0.4, 0.5) is 5.95 Å². The minimum Gasteiger partial charge on any atom is -0.342 e. The summed E-state index contributed by atoms with van der Waals surface area (Å²) in [4.78, 5) is 6.79. The Labute approximate surface area is 91.1 Å². The van der Waals surface area contributed by atoms with Gasteiger partial charge in [-0.05, 0) is 32.2 Å². The first-order valence-electron chi connectivity index (χ1n) is 5.81. The average molecular weight is 208 g/mol. The highest BCUT2D eigenvalue weighted by Gasteiger charge is 2.21. The fourth-order valence-corrected chi connectivity index (χ4v) is 2.27. The molecule has 0 saturated carbocycles. The molecule has 1 aromatic heterocycles. The smallest absolute Gasteiger partial charge is 0.205 e. The van der Waals surface area contributed by atoms with Crippen molar-refractivity contribution >= 4 is 5.95 Å². The van der Waals surface area contributed by atoms with Gasteiger partial charge in [0.15, 0.2) is 0 Å². The molecule has 0 amide bonds. The minimum absolute atomic E-state index is 0.640. The summed E-state index contributed by atoms with van der Waals surface area (Å²) in [6.07, 6.45) is 6.42. The molecular weight excluding hydrogens is 188 g/mol. The van der Waals surface area contributed by atoms with Gasteiger partial charge in [0, 0.05) is 32.0 Å². The first kappa shape index (κ1) is 10.5. The van der Waals surface area contributed by atoms with Gasteiger partial charge in [-0.25, -0.2) is 4.98 Å². The van der Waals surface area contributed by atoms with E-state index in [1.165, 1.54) is 12.8 Å². The van der Waals surface area contributed by atoms with Crippen molar-refractivity contribution in [1.82, 2.24) is 9.55 Å². The molecular formula is C11H20N4. The standard InChI is InChI=1S/C11H20N4/c1-2-14-7-5-13-11(14)15-6-3-4-10(8-12)9-15/h5,7,10H,2-4,6,8-9,12H2,1H3. The van der Waals surface area contributed by atoms with E-state index in [0.717, 1.165) is 32.1 Å². The zero-order valence-electron chi connectivity index (χ0n) is 9.39. The summed E-state index contributed by atoms with van der Waals surface area (Å²) in [5.41, 5.74) is 5.74. The molecule has 2 N–H and O–H groups in total. The van der Waals surface area contributed by atoms with Crippen molar-refractivity contribution in [3.05, 3.63) is 12.4 Å². The molecule has 0 bridgehead atoms. The van der Waals surface area contributed by atoms with E-state index in [2.05, 4.69) is 21.4 Å². The highest BCUT2D eigenvalue weighted by atomic mass is 15.3. The largest absolute Gasteiger partial charge is 0.342 e. The molecule has 4 nitrogen and oxygen atoms in total. The molecule has 0 radical (unpaired) electrons. The van der Waals surface area contributed by atoms with Crippen molar-refractivity contribution in [3.63, 3.8) is 0 Å². The summed E-state index contributed by atoms with van der Waals surface area (Å²) in [6, 6.07) is 0. The van der Waals surface area contributed by atoms with Crippen LogP contribution >= 0.6 is 0 Å². The Morgan fingerprint density at radius 2 is 2.47 bits per heavy atom. The van der Waals surface area contributed by atoms with Gasteiger partial charge in [-0.15, -0.1) is 0 Å². The van der Waals surface area contributed by atoms with Crippen molar-refractivity contribution in [3.8, 4) is 0 Å². The summed E-state index contributed by atoms with van der Waals surface area (Å²) >= 11 is 0. The fraction of sp³-hybridized carbons (Fsp3) is 0.727. The van der Waals surface area contributed by atoms with Crippen LogP contribution in [0.15, 0.2) is 12.4 Å². The van der Waals surface area contributed by atoms with Crippen molar-refractivity contribution in [2.45, 2.75) is 26.3 Å². The van der Waals surface area contributed by atoms with Crippen LogP contribution in [0.2, 0.25) is 0 Å². The van der Waals surface area contributed by atoms with E-state index in [0.29, 0.717) is 5.92 Å². The van der Waals surface area contributed by atoms with Gasteiger partial charge >= 0.3 is 0 Å². The van der Waals surface area contributed by atoms with Crippen LogP contribution in [0.1, 0.15) is 19.8 Å². The second-order valence-corrected chi connectivity index (χ2v) is 4.20. The second-order valence-electron chi connectivity index (χ2n) is 4.20. The van der Waals surface area contributed by atoms with Gasteiger partial charge in [-0.3, -0.25) is 0 Å². The molecule has 1 unspecified atom stereocenters. The SMILES string of the molecule is CCn1ccnc1N1CCCC(CN)C1. The van der Waals surface area contributed by atoms with Crippen molar-refractivity contribution in [2.24, 2.45) is 11.7 Å². The third-order valence-corrected chi connectivity index (χ3v) is 3.17. The summed E-state index contributed by atoms with van der Waals surface area (Å²) in [6.45, 7) is 6.11. The first-order valence-corrected chi connectivity index (χ1v) is 5.81. The molecule has 1 fully saturated rings. The van der Waals surface area contributed by atoms with Crippen LogP contribution in [0.5, 0.6) is 0 Å². The van der Waals surface area contributed by atoms with Crippen LogP contribution in [0.3, 0.4) is 0 Å². The van der Waals surface area contributed by atoms with E-state index >= 15 is 0 Å². The summed E-state index contributed by atoms with van der Waals surface area (Å²) in [5, 5.41) is 0. The molecule has 15 heavy (non-hydrogen) atoms. The zero-order chi connectivity index (χ0) is 10.7. The Hall–Kier alpha value is -1.03. The zero-order valence-corrected chi connectivity index (χ0v) is 9.39. The predicted molar refractivity (Wildman–Crippen MR) is 61.9 cm³/mol. The van der Waals surface area contributed by atoms with Crippen molar-refractivity contribution in [1.29, 1.82) is 0 Å². The molecule has 2 heterocycles. The van der Waals surface area contributed by atoms with Crippen LogP contribution in [0.25, 0.3) is 0 Å². The third kappa shape index (κ3) is 2.15. The number of hydrogen-bond donors (Lipinski definition) is 1. The minimum atomic E-state index is 0.640. The molecule has 0 aliphatic carbocycles. The number of anilines is 1. The summed E-state index contributed by atoms with van der Waals surface area (Å²) in [5.74, 6) is 1.75. The number of imidazole rings is 1. The molecule has 1 aliphatic heterocycles. The molecule has 1 saturated heterocycles. The van der Waals surface area contributed by atoms with Crippen LogP contribution in [0, 0.1) is 5.92 Å². The molecule has 2 rings (SSSR count). The number of aromatic nitrogens is 2. The Balaban J connectivity index is 2.09. The number of aryl methyl sites for hydroxylation is 1. The Morgan fingerprint density at radius 3 is 3.20 bits per heavy atom. The normalized spacial score (nSPS) is 22.0. The average Bonchev–Trinajstić information content (AvgIpc) is 2.77. The quantitative estimate of drug-likeness (QED) is 0.808. The van der Waals surface area contributed by atoms with E-state index < -0.39 is 0 Å². The van der Waals surface area contributed by atoms with Crippen LogP contribution < -0.4 is 10.6 Å². The predicted octanol–water partition coefficient (Wildman–Crippen LogP) is 1.08. The first-order chi connectivity index (χ1) is 7.35. The summed E-state index contributed by atoms with van der Waals surface area (Å²) in [7, 11) is 0. The number of hydrogen-bond acceptors (Lipinski definition) is 3. The van der Waals surface area contributed by atoms with E-state index in [9.17, 15) is 0 Å². The van der Waals surface area contributed by atoms with Gasteiger partial charge < -0.3 is 15.2 Å². The second kappa shape index (κ2) is 4.66. The molecule has 4 heteroatoms. The van der Waals surface area contributed by atoms with Gasteiger partial charge in [0.05, 0.1) is 0 Å². The molecule has 1 aromatic rings. The van der Waals surface area contributed by atoms with Crippen molar-refractivity contribution in [2.75, 3.05) is 24.5 Å². The summed E-state index contributed by atoms with van der Waals surface area (Å²) < 4.78 is 2.19. The van der Waals surface area contributed by atoms with Gasteiger partial charge in [0.1, 0.15) is 0 Å². The molecule has 1 atom stereocenters. The van der Waals surface area contributed by atoms with E-state index in [1.54, 1.807) is 0 Å². The number of nitrogens with zero attached hydrogens (tertiary/aromatic N) is 3. The maximum absolute atomic E-state index is 5.74. The monoisotopic (exact) mass is 208 g/mol. The van der Waals surface area contributed by atoms with Gasteiger partial charge in [-0.1, -0.05) is 0 Å². The number of rotatable bonds is 3. The van der Waals surface area contributed by atoms with E-state index in [4.69, 9.17) is 5.73 Å². The van der Waals surface area contributed by atoms with Crippen LogP contribution in [-0.2, 0) is 6.54 Å². The lowest BCUT2D eigenvalue weighted by Crippen LogP contribution is -2.39.